The van der Waals surface area contributed by atoms with Crippen molar-refractivity contribution in [3.63, 3.8) is 0 Å². The van der Waals surface area contributed by atoms with Crippen LogP contribution in [0.5, 0.6) is 0 Å². The zero-order valence-corrected chi connectivity index (χ0v) is 11.5. The van der Waals surface area contributed by atoms with Crippen molar-refractivity contribution in [2.75, 3.05) is 5.73 Å². The molecule has 0 aliphatic rings. The predicted octanol–water partition coefficient (Wildman–Crippen LogP) is 3.91. The Kier molecular flexibility index (Phi) is 4.35. The summed E-state index contributed by atoms with van der Waals surface area (Å²) in [5, 5.41) is 9.55. The van der Waals surface area contributed by atoms with E-state index in [1.807, 2.05) is 6.07 Å². The maximum absolute atomic E-state index is 10.9. The van der Waals surface area contributed by atoms with E-state index < -0.39 is 5.97 Å². The van der Waals surface area contributed by atoms with Gasteiger partial charge in [0.25, 0.3) is 0 Å². The number of thioether (sulfide) groups is 1. The van der Waals surface area contributed by atoms with Crippen molar-refractivity contribution in [3.05, 3.63) is 58.6 Å². The van der Waals surface area contributed by atoms with E-state index in [0.29, 0.717) is 16.5 Å². The van der Waals surface area contributed by atoms with Crippen LogP contribution in [0.15, 0.2) is 47.4 Å². The van der Waals surface area contributed by atoms with Crippen molar-refractivity contribution in [1.82, 2.24) is 0 Å². The zero-order valence-electron chi connectivity index (χ0n) is 9.97. The Bertz CT molecular complexity index is 596. The van der Waals surface area contributed by atoms with E-state index in [2.05, 4.69) is 0 Å². The molecule has 0 spiro atoms. The van der Waals surface area contributed by atoms with Gasteiger partial charge in [-0.1, -0.05) is 29.8 Å². The SMILES string of the molecule is Nc1cccc(Cl)c1SCc1cccc(C(=O)O)c1. The number of halogens is 1. The van der Waals surface area contributed by atoms with Crippen molar-refractivity contribution in [2.24, 2.45) is 0 Å². The number of carboxylic acids is 1. The summed E-state index contributed by atoms with van der Waals surface area (Å²) in [7, 11) is 0. The molecule has 0 atom stereocenters. The minimum Gasteiger partial charge on any atom is -0.478 e. The molecule has 19 heavy (non-hydrogen) atoms. The summed E-state index contributed by atoms with van der Waals surface area (Å²) in [4.78, 5) is 11.7. The summed E-state index contributed by atoms with van der Waals surface area (Å²) < 4.78 is 0. The Hall–Kier alpha value is -1.65. The minimum atomic E-state index is -0.927. The molecule has 0 saturated carbocycles. The first-order valence-electron chi connectivity index (χ1n) is 5.57. The average Bonchev–Trinajstić information content (AvgIpc) is 2.38. The van der Waals surface area contributed by atoms with Gasteiger partial charge >= 0.3 is 5.97 Å². The Balaban J connectivity index is 2.15. The second-order valence-corrected chi connectivity index (χ2v) is 5.35. The van der Waals surface area contributed by atoms with Gasteiger partial charge in [-0.2, -0.15) is 0 Å². The fourth-order valence-electron chi connectivity index (χ4n) is 1.63. The first kappa shape index (κ1) is 13.8. The standard InChI is InChI=1S/C14H12ClNO2S/c15-11-5-2-6-12(16)13(11)19-8-9-3-1-4-10(7-9)14(17)18/h1-7H,8,16H2,(H,17,18). The van der Waals surface area contributed by atoms with Crippen molar-refractivity contribution in [2.45, 2.75) is 10.6 Å². The van der Waals surface area contributed by atoms with Crippen LogP contribution in [0.1, 0.15) is 15.9 Å². The van der Waals surface area contributed by atoms with E-state index in [0.717, 1.165) is 10.5 Å². The van der Waals surface area contributed by atoms with Crippen LogP contribution in [0.4, 0.5) is 5.69 Å². The first-order chi connectivity index (χ1) is 9.08. The molecular weight excluding hydrogens is 282 g/mol. The van der Waals surface area contributed by atoms with E-state index in [9.17, 15) is 4.79 Å². The molecular formula is C14H12ClNO2S. The van der Waals surface area contributed by atoms with Gasteiger partial charge in [0.15, 0.2) is 0 Å². The topological polar surface area (TPSA) is 63.3 Å². The average molecular weight is 294 g/mol. The maximum Gasteiger partial charge on any atom is 0.335 e. The number of nitrogens with two attached hydrogens (primary N) is 1. The van der Waals surface area contributed by atoms with Crippen LogP contribution in [0.3, 0.4) is 0 Å². The third kappa shape index (κ3) is 3.43. The number of aromatic carboxylic acids is 1. The summed E-state index contributed by atoms with van der Waals surface area (Å²) in [5.74, 6) is -0.307. The van der Waals surface area contributed by atoms with E-state index in [-0.39, 0.29) is 5.56 Å². The molecule has 0 aliphatic carbocycles. The van der Waals surface area contributed by atoms with E-state index >= 15 is 0 Å². The zero-order chi connectivity index (χ0) is 13.8. The van der Waals surface area contributed by atoms with Gasteiger partial charge < -0.3 is 10.8 Å². The van der Waals surface area contributed by atoms with Crippen LogP contribution in [-0.2, 0) is 5.75 Å². The number of rotatable bonds is 4. The quantitative estimate of drug-likeness (QED) is 0.662. The molecule has 5 heteroatoms. The van der Waals surface area contributed by atoms with Crippen LogP contribution in [0.25, 0.3) is 0 Å². The van der Waals surface area contributed by atoms with E-state index in [4.69, 9.17) is 22.4 Å². The third-order valence-electron chi connectivity index (χ3n) is 2.55. The number of anilines is 1. The third-order valence-corrected chi connectivity index (χ3v) is 4.20. The molecule has 0 unspecified atom stereocenters. The second-order valence-electron chi connectivity index (χ2n) is 3.95. The van der Waals surface area contributed by atoms with Gasteiger partial charge in [0.05, 0.1) is 10.6 Å². The first-order valence-corrected chi connectivity index (χ1v) is 6.93. The number of nitrogen functional groups attached to an aromatic ring is 1. The van der Waals surface area contributed by atoms with Crippen LogP contribution in [-0.4, -0.2) is 11.1 Å². The Morgan fingerprint density at radius 3 is 2.68 bits per heavy atom. The van der Waals surface area contributed by atoms with Crippen LogP contribution in [0.2, 0.25) is 5.02 Å². The van der Waals surface area contributed by atoms with Crippen LogP contribution < -0.4 is 5.73 Å². The fraction of sp³-hybridized carbons (Fsp3) is 0.0714. The molecule has 0 aliphatic heterocycles. The lowest BCUT2D eigenvalue weighted by molar-refractivity contribution is 0.0697. The van der Waals surface area contributed by atoms with Crippen LogP contribution >= 0.6 is 23.4 Å². The Labute approximate surface area is 120 Å². The van der Waals surface area contributed by atoms with Gasteiger partial charge in [-0.25, -0.2) is 4.79 Å². The minimum absolute atomic E-state index is 0.283. The number of hydrogen-bond donors (Lipinski definition) is 2. The molecule has 2 rings (SSSR count). The maximum atomic E-state index is 10.9. The molecule has 3 nitrogen and oxygen atoms in total. The molecule has 2 aromatic rings. The van der Waals surface area contributed by atoms with Gasteiger partial charge in [0, 0.05) is 16.3 Å². The second kappa shape index (κ2) is 5.99. The van der Waals surface area contributed by atoms with Gasteiger partial charge in [-0.15, -0.1) is 11.8 Å². The van der Waals surface area contributed by atoms with Crippen molar-refractivity contribution < 1.29 is 9.90 Å². The molecule has 0 bridgehead atoms. The number of carboxylic acid groups (broad SMARTS) is 1. The summed E-state index contributed by atoms with van der Waals surface area (Å²) in [6.45, 7) is 0. The highest BCUT2D eigenvalue weighted by molar-refractivity contribution is 7.98. The number of benzene rings is 2. The highest BCUT2D eigenvalue weighted by atomic mass is 35.5. The van der Waals surface area contributed by atoms with Crippen molar-refractivity contribution in [3.8, 4) is 0 Å². The fourth-order valence-corrected chi connectivity index (χ4v) is 2.90. The molecule has 3 N–H and O–H groups in total. The highest BCUT2D eigenvalue weighted by Crippen LogP contribution is 2.34. The highest BCUT2D eigenvalue weighted by Gasteiger charge is 2.07. The number of carbonyl (C=O) groups is 1. The smallest absolute Gasteiger partial charge is 0.335 e. The Morgan fingerprint density at radius 1 is 1.26 bits per heavy atom. The summed E-state index contributed by atoms with van der Waals surface area (Å²) >= 11 is 7.58. The summed E-state index contributed by atoms with van der Waals surface area (Å²) in [6.07, 6.45) is 0. The van der Waals surface area contributed by atoms with Crippen molar-refractivity contribution in [1.29, 1.82) is 0 Å². The van der Waals surface area contributed by atoms with Gasteiger partial charge in [0.1, 0.15) is 0 Å². The molecule has 0 aromatic heterocycles. The lowest BCUT2D eigenvalue weighted by atomic mass is 10.1. The molecule has 0 amide bonds. The normalized spacial score (nSPS) is 10.4. The van der Waals surface area contributed by atoms with Crippen molar-refractivity contribution >= 4 is 35.0 Å². The summed E-state index contributed by atoms with van der Waals surface area (Å²) in [6, 6.07) is 12.2. The monoisotopic (exact) mass is 293 g/mol. The van der Waals surface area contributed by atoms with E-state index in [1.54, 1.807) is 36.4 Å². The Morgan fingerprint density at radius 2 is 2.00 bits per heavy atom. The number of hydrogen-bond acceptors (Lipinski definition) is 3. The van der Waals surface area contributed by atoms with Gasteiger partial charge in [-0.3, -0.25) is 0 Å². The van der Waals surface area contributed by atoms with Gasteiger partial charge in [0.2, 0.25) is 0 Å². The lowest BCUT2D eigenvalue weighted by Gasteiger charge is -2.08. The molecule has 0 fully saturated rings. The molecule has 0 radical (unpaired) electrons. The van der Waals surface area contributed by atoms with Crippen LogP contribution in [0, 0.1) is 0 Å². The molecule has 0 saturated heterocycles. The molecule has 2 aromatic carbocycles. The summed E-state index contributed by atoms with van der Waals surface area (Å²) in [5.41, 5.74) is 7.70. The molecule has 98 valence electrons. The van der Waals surface area contributed by atoms with Gasteiger partial charge in [-0.05, 0) is 29.8 Å². The lowest BCUT2D eigenvalue weighted by Crippen LogP contribution is -1.96. The predicted molar refractivity (Wildman–Crippen MR) is 78.8 cm³/mol. The molecule has 0 heterocycles. The van der Waals surface area contributed by atoms with E-state index in [1.165, 1.54) is 11.8 Å². The largest absolute Gasteiger partial charge is 0.478 e.